The number of pyridine rings is 3. The van der Waals surface area contributed by atoms with Crippen LogP contribution in [0.25, 0.3) is 33.5 Å². The zero-order chi connectivity index (χ0) is 21.3. The molecule has 0 bridgehead atoms. The van der Waals surface area contributed by atoms with Gasteiger partial charge in [-0.15, -0.1) is 3.89 Å². The van der Waals surface area contributed by atoms with Gasteiger partial charge in [0.15, 0.2) is 12.3 Å². The zero-order valence-electron chi connectivity index (χ0n) is 15.9. The van der Waals surface area contributed by atoms with E-state index in [1.807, 2.05) is 0 Å². The molecule has 0 aliphatic rings. The first-order valence-electron chi connectivity index (χ1n) is 8.75. The van der Waals surface area contributed by atoms with E-state index in [0.29, 0.717) is 45.1 Å². The maximum Gasteiger partial charge on any atom is 0.222 e. The molecule has 0 fully saturated rings. The van der Waals surface area contributed by atoms with Crippen LogP contribution >= 0.6 is 28.3 Å². The second-order valence-corrected chi connectivity index (χ2v) is 7.72. The van der Waals surface area contributed by atoms with Gasteiger partial charge in [-0.05, 0) is 46.3 Å². The summed E-state index contributed by atoms with van der Waals surface area (Å²) in [6.07, 6.45) is 4.81. The fourth-order valence-corrected chi connectivity index (χ4v) is 3.96. The summed E-state index contributed by atoms with van der Waals surface area (Å²) in [5, 5.41) is 2.65. The molecule has 10 heteroatoms. The monoisotopic (exact) mass is 487 g/mol. The molecule has 0 unspecified atom stereocenters. The van der Waals surface area contributed by atoms with Gasteiger partial charge < -0.3 is 10.1 Å². The van der Waals surface area contributed by atoms with Gasteiger partial charge in [0.1, 0.15) is 11.6 Å². The first-order valence-corrected chi connectivity index (χ1v) is 10.2. The molecule has 0 aromatic carbocycles. The Bertz CT molecular complexity index is 1250. The van der Waals surface area contributed by atoms with Gasteiger partial charge in [0, 0.05) is 29.4 Å². The number of methoxy groups -OCH3 is 1. The molecule has 30 heavy (non-hydrogen) atoms. The van der Waals surface area contributed by atoms with E-state index in [0.717, 1.165) is 4.47 Å². The second kappa shape index (κ2) is 8.41. The highest BCUT2D eigenvalue weighted by Gasteiger charge is 2.23. The molecule has 1 N–H and O–H groups in total. The highest BCUT2D eigenvalue weighted by atomic mass is 79.9. The lowest BCUT2D eigenvalue weighted by atomic mass is 10.0. The van der Waals surface area contributed by atoms with Crippen LogP contribution in [-0.2, 0) is 4.79 Å². The van der Waals surface area contributed by atoms with Crippen molar-refractivity contribution >= 4 is 51.0 Å². The summed E-state index contributed by atoms with van der Waals surface area (Å²) in [6, 6.07) is 8.80. The minimum absolute atomic E-state index is 0.0670. The average Bonchev–Trinajstić information content (AvgIpc) is 3.07. The third kappa shape index (κ3) is 3.75. The van der Waals surface area contributed by atoms with Gasteiger partial charge >= 0.3 is 0 Å². The van der Waals surface area contributed by atoms with Crippen molar-refractivity contribution in [2.24, 2.45) is 0 Å². The predicted octanol–water partition coefficient (Wildman–Crippen LogP) is 5.27. The topological polar surface area (TPSA) is 81.9 Å². The van der Waals surface area contributed by atoms with Crippen LogP contribution in [0.4, 0.5) is 9.70 Å². The predicted molar refractivity (Wildman–Crippen MR) is 119 cm³/mol. The summed E-state index contributed by atoms with van der Waals surface area (Å²) < 4.78 is 21.6. The molecule has 152 valence electrons. The molecule has 0 saturated carbocycles. The van der Waals surface area contributed by atoms with E-state index < -0.39 is 0 Å². The Morgan fingerprint density at radius 2 is 2.03 bits per heavy atom. The number of hydrogen-bond acceptors (Lipinski definition) is 6. The minimum atomic E-state index is -0.247. The Morgan fingerprint density at radius 3 is 2.70 bits per heavy atom. The van der Waals surface area contributed by atoms with Gasteiger partial charge in [0.2, 0.25) is 5.91 Å². The lowest BCUT2D eigenvalue weighted by Gasteiger charge is -2.10. The maximum absolute atomic E-state index is 14.2. The van der Waals surface area contributed by atoms with Crippen LogP contribution in [0.2, 0.25) is 0 Å². The Kier molecular flexibility index (Phi) is 5.69. The van der Waals surface area contributed by atoms with Crippen LogP contribution in [0.1, 0.15) is 6.92 Å². The van der Waals surface area contributed by atoms with Crippen LogP contribution < -0.4 is 10.1 Å². The summed E-state index contributed by atoms with van der Waals surface area (Å²) in [7, 11) is 1.56. The van der Waals surface area contributed by atoms with Crippen molar-refractivity contribution in [1.29, 1.82) is 0 Å². The molecule has 4 aromatic rings. The number of hydrogen-bond donors (Lipinski definition) is 1. The lowest BCUT2D eigenvalue weighted by molar-refractivity contribution is -0.114. The number of rotatable bonds is 5. The van der Waals surface area contributed by atoms with Crippen molar-refractivity contribution in [3.8, 4) is 28.3 Å². The highest BCUT2D eigenvalue weighted by Crippen LogP contribution is 2.43. The molecule has 0 atom stereocenters. The number of carbonyl (C=O) groups excluding carboxylic acids is 1. The Balaban J connectivity index is 2.03. The SMILES string of the molecule is COc1ccc(-c2c(-c3ccnc(NC(C)=O)c3)n(SF)c3cc(Br)cnc23)nc1. The summed E-state index contributed by atoms with van der Waals surface area (Å²) in [5.41, 5.74) is 3.64. The molecular formula is C20H15BrFN5O2S. The highest BCUT2D eigenvalue weighted by molar-refractivity contribution is 9.10. The number of halogens is 2. The van der Waals surface area contributed by atoms with Gasteiger partial charge in [-0.2, -0.15) is 0 Å². The molecular weight excluding hydrogens is 473 g/mol. The smallest absolute Gasteiger partial charge is 0.222 e. The fraction of sp³-hybridized carbons (Fsp3) is 0.100. The molecule has 4 aromatic heterocycles. The van der Waals surface area contributed by atoms with Crippen LogP contribution in [0, 0.1) is 0 Å². The molecule has 0 saturated heterocycles. The van der Waals surface area contributed by atoms with E-state index in [1.165, 1.54) is 10.9 Å². The van der Waals surface area contributed by atoms with Crippen molar-refractivity contribution in [2.45, 2.75) is 6.92 Å². The van der Waals surface area contributed by atoms with Gasteiger partial charge in [0.05, 0.1) is 41.3 Å². The lowest BCUT2D eigenvalue weighted by Crippen LogP contribution is -2.07. The summed E-state index contributed by atoms with van der Waals surface area (Å²) in [5.74, 6) is 0.725. The van der Waals surface area contributed by atoms with E-state index in [2.05, 4.69) is 36.2 Å². The zero-order valence-corrected chi connectivity index (χ0v) is 18.3. The van der Waals surface area contributed by atoms with Crippen molar-refractivity contribution in [3.63, 3.8) is 0 Å². The van der Waals surface area contributed by atoms with Gasteiger partial charge in [-0.25, -0.2) is 4.98 Å². The first-order chi connectivity index (χ1) is 14.5. The van der Waals surface area contributed by atoms with Crippen molar-refractivity contribution < 1.29 is 13.4 Å². The molecule has 0 radical (unpaired) electrons. The van der Waals surface area contributed by atoms with Crippen molar-refractivity contribution in [1.82, 2.24) is 18.9 Å². The normalized spacial score (nSPS) is 10.9. The number of anilines is 1. The van der Waals surface area contributed by atoms with E-state index in [1.54, 1.807) is 56.0 Å². The van der Waals surface area contributed by atoms with Crippen LogP contribution in [-0.4, -0.2) is 31.9 Å². The van der Waals surface area contributed by atoms with Gasteiger partial charge in [0.25, 0.3) is 0 Å². The fourth-order valence-electron chi connectivity index (χ4n) is 3.16. The summed E-state index contributed by atoms with van der Waals surface area (Å²) in [4.78, 5) is 24.6. The van der Waals surface area contributed by atoms with E-state index >= 15 is 0 Å². The number of nitrogens with zero attached hydrogens (tertiary/aromatic N) is 4. The van der Waals surface area contributed by atoms with Crippen molar-refractivity contribution in [3.05, 3.63) is 53.4 Å². The Morgan fingerprint density at radius 1 is 1.20 bits per heavy atom. The first kappa shape index (κ1) is 20.3. The summed E-state index contributed by atoms with van der Waals surface area (Å²) >= 11 is 3.47. The van der Waals surface area contributed by atoms with Crippen LogP contribution in [0.3, 0.4) is 0 Å². The standard InChI is InChI=1S/C20H15BrFN5O2S/c1-11(28)26-17-7-12(5-6-23-17)20-18(15-4-3-14(29-2)10-24-15)19-16(27(20)30-22)8-13(21)9-25-19/h3-10H,1-2H3,(H,23,26,28). The van der Waals surface area contributed by atoms with Gasteiger partial charge in [-0.1, -0.05) is 0 Å². The van der Waals surface area contributed by atoms with E-state index in [-0.39, 0.29) is 18.2 Å². The average molecular weight is 488 g/mol. The molecule has 0 aliphatic heterocycles. The van der Waals surface area contributed by atoms with E-state index in [4.69, 9.17) is 4.74 Å². The quantitative estimate of drug-likeness (QED) is 0.412. The Hall–Kier alpha value is -2.98. The van der Waals surface area contributed by atoms with Crippen molar-refractivity contribution in [2.75, 3.05) is 12.4 Å². The Labute approximate surface area is 184 Å². The number of carbonyl (C=O) groups is 1. The molecule has 4 heterocycles. The minimum Gasteiger partial charge on any atom is -0.495 e. The maximum atomic E-state index is 14.2. The summed E-state index contributed by atoms with van der Waals surface area (Å²) in [6.45, 7) is 1.40. The molecule has 0 aliphatic carbocycles. The van der Waals surface area contributed by atoms with Crippen LogP contribution in [0.5, 0.6) is 5.75 Å². The molecule has 7 nitrogen and oxygen atoms in total. The number of ether oxygens (including phenoxy) is 1. The molecule has 0 spiro atoms. The number of fused-ring (bicyclic) bond motifs is 1. The third-order valence-electron chi connectivity index (χ3n) is 4.36. The number of aromatic nitrogens is 4. The van der Waals surface area contributed by atoms with Crippen LogP contribution in [0.15, 0.2) is 53.4 Å². The van der Waals surface area contributed by atoms with Gasteiger partial charge in [-0.3, -0.25) is 18.7 Å². The molecule has 4 rings (SSSR count). The molecule has 1 amide bonds. The largest absolute Gasteiger partial charge is 0.495 e. The number of nitrogens with one attached hydrogen (secondary N) is 1. The number of amides is 1. The second-order valence-electron chi connectivity index (χ2n) is 6.30. The van der Waals surface area contributed by atoms with E-state index in [9.17, 15) is 8.68 Å². The third-order valence-corrected chi connectivity index (χ3v) is 5.32.